The summed E-state index contributed by atoms with van der Waals surface area (Å²) in [5.74, 6) is -0.129. The Morgan fingerprint density at radius 2 is 1.96 bits per heavy atom. The number of rotatable bonds is 4. The second-order valence-corrected chi connectivity index (χ2v) is 7.36. The van der Waals surface area contributed by atoms with E-state index in [4.69, 9.17) is 4.74 Å². The third-order valence-corrected chi connectivity index (χ3v) is 5.11. The van der Waals surface area contributed by atoms with Gasteiger partial charge in [0.05, 0.1) is 12.6 Å². The van der Waals surface area contributed by atoms with Gasteiger partial charge in [0.1, 0.15) is 0 Å². The summed E-state index contributed by atoms with van der Waals surface area (Å²) in [6.07, 6.45) is 0.730. The maximum atomic E-state index is 14.2. The molecule has 26 heavy (non-hydrogen) atoms. The predicted molar refractivity (Wildman–Crippen MR) is 99.0 cm³/mol. The maximum absolute atomic E-state index is 14.2. The van der Waals surface area contributed by atoms with Crippen molar-refractivity contribution in [3.8, 4) is 16.9 Å². The first-order chi connectivity index (χ1) is 12.3. The molecule has 0 unspecified atom stereocenters. The third-order valence-electron chi connectivity index (χ3n) is 5.11. The van der Waals surface area contributed by atoms with Crippen LogP contribution in [0, 0.1) is 11.2 Å². The first kappa shape index (κ1) is 18.2. The fraction of sp³-hybridized carbons (Fsp3) is 0.381. The number of benzene rings is 2. The highest BCUT2D eigenvalue weighted by atomic mass is 19.1. The molecule has 0 heterocycles. The number of carboxylic acid groups (broad SMARTS) is 1. The van der Waals surface area contributed by atoms with E-state index < -0.39 is 6.09 Å². The van der Waals surface area contributed by atoms with Crippen molar-refractivity contribution in [1.29, 1.82) is 0 Å². The quantitative estimate of drug-likeness (QED) is 0.793. The van der Waals surface area contributed by atoms with Gasteiger partial charge in [0.15, 0.2) is 11.6 Å². The number of carbonyl (C=O) groups is 1. The Labute approximate surface area is 153 Å². The largest absolute Gasteiger partial charge is 0.491 e. The Kier molecular flexibility index (Phi) is 4.90. The lowest BCUT2D eigenvalue weighted by Gasteiger charge is -2.40. The monoisotopic (exact) mass is 357 g/mol. The number of halogens is 1. The molecule has 0 radical (unpaired) electrons. The van der Waals surface area contributed by atoms with Crippen molar-refractivity contribution >= 4 is 6.09 Å². The summed E-state index contributed by atoms with van der Waals surface area (Å²) < 4.78 is 19.4. The van der Waals surface area contributed by atoms with E-state index in [0.717, 1.165) is 35.1 Å². The average molecular weight is 357 g/mol. The standard InChI is InChI=1S/C21H24FNO3/c1-4-26-18-8-6-14(12-17(18)22)13-5-7-16-15(11-13)9-10-21(2,3)19(16)23-20(24)25/h5-8,11-12,19,23H,4,9-10H2,1-3H3,(H,24,25)/t19-/m1/s1. The molecule has 4 nitrogen and oxygen atoms in total. The van der Waals surface area contributed by atoms with Crippen molar-refractivity contribution < 1.29 is 19.0 Å². The number of nitrogens with one attached hydrogen (secondary N) is 1. The molecule has 3 rings (SSSR count). The Morgan fingerprint density at radius 3 is 2.62 bits per heavy atom. The summed E-state index contributed by atoms with van der Waals surface area (Å²) in [5, 5.41) is 11.8. The summed E-state index contributed by atoms with van der Waals surface area (Å²) >= 11 is 0. The molecule has 0 bridgehead atoms. The lowest BCUT2D eigenvalue weighted by atomic mass is 9.70. The first-order valence-electron chi connectivity index (χ1n) is 8.87. The van der Waals surface area contributed by atoms with E-state index >= 15 is 0 Å². The van der Waals surface area contributed by atoms with Crippen molar-refractivity contribution in [2.75, 3.05) is 6.61 Å². The smallest absolute Gasteiger partial charge is 0.405 e. The highest BCUT2D eigenvalue weighted by molar-refractivity contribution is 5.68. The van der Waals surface area contributed by atoms with E-state index in [9.17, 15) is 14.3 Å². The van der Waals surface area contributed by atoms with E-state index in [-0.39, 0.29) is 23.0 Å². The van der Waals surface area contributed by atoms with Crippen LogP contribution in [0.3, 0.4) is 0 Å². The second-order valence-electron chi connectivity index (χ2n) is 7.36. The van der Waals surface area contributed by atoms with Crippen LogP contribution in [0.25, 0.3) is 11.1 Å². The minimum absolute atomic E-state index is 0.155. The van der Waals surface area contributed by atoms with E-state index in [1.807, 2.05) is 31.2 Å². The summed E-state index contributed by atoms with van der Waals surface area (Å²) in [7, 11) is 0. The molecule has 1 atom stereocenters. The van der Waals surface area contributed by atoms with E-state index in [2.05, 4.69) is 19.2 Å². The lowest BCUT2D eigenvalue weighted by molar-refractivity contribution is 0.161. The summed E-state index contributed by atoms with van der Waals surface area (Å²) in [4.78, 5) is 11.2. The van der Waals surface area contributed by atoms with Gasteiger partial charge in [-0.05, 0) is 59.6 Å². The van der Waals surface area contributed by atoms with Crippen molar-refractivity contribution in [1.82, 2.24) is 5.32 Å². The lowest BCUT2D eigenvalue weighted by Crippen LogP contribution is -2.40. The molecule has 0 saturated heterocycles. The van der Waals surface area contributed by atoms with Crippen LogP contribution in [0.15, 0.2) is 36.4 Å². The molecule has 0 saturated carbocycles. The molecule has 1 amide bonds. The van der Waals surface area contributed by atoms with E-state index in [1.54, 1.807) is 6.07 Å². The topological polar surface area (TPSA) is 58.6 Å². The zero-order valence-electron chi connectivity index (χ0n) is 15.3. The van der Waals surface area contributed by atoms with Crippen LogP contribution >= 0.6 is 0 Å². The van der Waals surface area contributed by atoms with Gasteiger partial charge in [0, 0.05) is 0 Å². The summed E-state index contributed by atoms with van der Waals surface area (Å²) in [6, 6.07) is 10.6. The Bertz CT molecular complexity index is 832. The molecule has 2 aromatic rings. The number of hydrogen-bond acceptors (Lipinski definition) is 2. The zero-order chi connectivity index (χ0) is 18.9. The van der Waals surface area contributed by atoms with E-state index in [0.29, 0.717) is 6.61 Å². The molecular weight excluding hydrogens is 333 g/mol. The molecule has 2 N–H and O–H groups in total. The molecule has 0 aliphatic heterocycles. The van der Waals surface area contributed by atoms with Crippen LogP contribution in [-0.4, -0.2) is 17.8 Å². The molecule has 1 aliphatic carbocycles. The first-order valence-corrected chi connectivity index (χ1v) is 8.87. The van der Waals surface area contributed by atoms with Gasteiger partial charge < -0.3 is 15.2 Å². The van der Waals surface area contributed by atoms with Crippen LogP contribution in [0.1, 0.15) is 44.4 Å². The number of fused-ring (bicyclic) bond motifs is 1. The fourth-order valence-corrected chi connectivity index (χ4v) is 3.66. The maximum Gasteiger partial charge on any atom is 0.405 e. The molecule has 2 aromatic carbocycles. The second kappa shape index (κ2) is 6.98. The zero-order valence-corrected chi connectivity index (χ0v) is 15.3. The molecule has 0 fully saturated rings. The molecule has 138 valence electrons. The number of aryl methyl sites for hydroxylation is 1. The number of ether oxygens (including phenoxy) is 1. The van der Waals surface area contributed by atoms with Gasteiger partial charge in [-0.2, -0.15) is 0 Å². The third kappa shape index (κ3) is 3.52. The minimum Gasteiger partial charge on any atom is -0.491 e. The molecule has 1 aliphatic rings. The van der Waals surface area contributed by atoms with Crippen molar-refractivity contribution in [3.05, 3.63) is 53.3 Å². The van der Waals surface area contributed by atoms with Gasteiger partial charge in [-0.25, -0.2) is 9.18 Å². The summed E-state index contributed by atoms with van der Waals surface area (Å²) in [5.41, 5.74) is 3.65. The number of amides is 1. The fourth-order valence-electron chi connectivity index (χ4n) is 3.66. The van der Waals surface area contributed by atoms with Gasteiger partial charge in [0.2, 0.25) is 0 Å². The van der Waals surface area contributed by atoms with Crippen LogP contribution in [0.4, 0.5) is 9.18 Å². The highest BCUT2D eigenvalue weighted by Gasteiger charge is 2.37. The molecule has 0 aromatic heterocycles. The Morgan fingerprint density at radius 1 is 1.27 bits per heavy atom. The van der Waals surface area contributed by atoms with Crippen LogP contribution in [-0.2, 0) is 6.42 Å². The Hall–Kier alpha value is -2.56. The van der Waals surface area contributed by atoms with Crippen LogP contribution in [0.2, 0.25) is 0 Å². The van der Waals surface area contributed by atoms with Crippen LogP contribution < -0.4 is 10.1 Å². The number of hydrogen-bond donors (Lipinski definition) is 2. The van der Waals surface area contributed by atoms with E-state index in [1.165, 1.54) is 6.07 Å². The predicted octanol–water partition coefficient (Wildman–Crippen LogP) is 5.17. The highest BCUT2D eigenvalue weighted by Crippen LogP contribution is 2.44. The summed E-state index contributed by atoms with van der Waals surface area (Å²) in [6.45, 7) is 6.39. The van der Waals surface area contributed by atoms with Crippen molar-refractivity contribution in [3.63, 3.8) is 0 Å². The van der Waals surface area contributed by atoms with Gasteiger partial charge >= 0.3 is 6.09 Å². The Balaban J connectivity index is 1.96. The van der Waals surface area contributed by atoms with Gasteiger partial charge in [-0.3, -0.25) is 0 Å². The minimum atomic E-state index is -1.02. The SMILES string of the molecule is CCOc1ccc(-c2ccc3c(c2)CCC(C)(C)[C@@H]3NC(=O)O)cc1F. The molecule has 0 spiro atoms. The van der Waals surface area contributed by atoms with Gasteiger partial charge in [-0.15, -0.1) is 0 Å². The van der Waals surface area contributed by atoms with Crippen LogP contribution in [0.5, 0.6) is 5.75 Å². The molecule has 5 heteroatoms. The van der Waals surface area contributed by atoms with Gasteiger partial charge in [-0.1, -0.05) is 38.1 Å². The normalized spacial score (nSPS) is 18.1. The van der Waals surface area contributed by atoms with Crippen molar-refractivity contribution in [2.45, 2.75) is 39.7 Å². The van der Waals surface area contributed by atoms with Gasteiger partial charge in [0.25, 0.3) is 0 Å². The van der Waals surface area contributed by atoms with Crippen molar-refractivity contribution in [2.24, 2.45) is 5.41 Å². The average Bonchev–Trinajstić information content (AvgIpc) is 2.59. The molecular formula is C21H24FNO3.